The quantitative estimate of drug-likeness (QED) is 0.0146. The zero-order valence-corrected chi connectivity index (χ0v) is 67.4. The molecule has 5 unspecified atom stereocenters. The largest absolute Gasteiger partial charge is 0.472 e. The van der Waals surface area contributed by atoms with E-state index < -0.39 is 91.5 Å². The average molecular weight is 1510 g/mol. The first-order valence-corrected chi connectivity index (χ1v) is 43.8. The third kappa shape index (κ3) is 80.0. The fourth-order valence-electron chi connectivity index (χ4n) is 10.6. The number of ether oxygens (including phenoxy) is 3. The van der Waals surface area contributed by atoms with Gasteiger partial charge >= 0.3 is 33.6 Å². The highest BCUT2D eigenvalue weighted by molar-refractivity contribution is 7.47. The van der Waals surface area contributed by atoms with E-state index in [0.29, 0.717) is 19.3 Å². The van der Waals surface area contributed by atoms with Crippen LogP contribution >= 0.6 is 15.6 Å². The zero-order valence-electron chi connectivity index (χ0n) is 65.6. The predicted octanol–water partition coefficient (Wildman–Crippen LogP) is 24.2. The Morgan fingerprint density at radius 1 is 0.276 bits per heavy atom. The fourth-order valence-corrected chi connectivity index (χ4v) is 12.2. The number of hydrogen-bond acceptors (Lipinski definition) is 14. The smallest absolute Gasteiger partial charge is 0.463 e. The third-order valence-electron chi connectivity index (χ3n) is 16.7. The molecular formula is C87H146O16P2. The van der Waals surface area contributed by atoms with Gasteiger partial charge in [0.25, 0.3) is 0 Å². The second-order valence-corrected chi connectivity index (χ2v) is 29.7. The molecule has 0 aliphatic heterocycles. The summed E-state index contributed by atoms with van der Waals surface area (Å²) in [6.07, 6.45) is 98.4. The van der Waals surface area contributed by atoms with Crippen LogP contribution in [0.3, 0.4) is 0 Å². The predicted molar refractivity (Wildman–Crippen MR) is 435 cm³/mol. The minimum Gasteiger partial charge on any atom is -0.463 e. The second kappa shape index (κ2) is 78.7. The van der Waals surface area contributed by atoms with Crippen molar-refractivity contribution in [2.24, 2.45) is 0 Å². The molecule has 0 aromatic rings. The van der Waals surface area contributed by atoms with Crippen LogP contribution in [-0.4, -0.2) is 95.9 Å². The van der Waals surface area contributed by atoms with Gasteiger partial charge in [-0.25, -0.2) is 9.13 Å². The average Bonchev–Trinajstić information content (AvgIpc) is 0.923. The summed E-state index contributed by atoms with van der Waals surface area (Å²) in [4.78, 5) is 58.8. The zero-order chi connectivity index (χ0) is 76.6. The Hall–Kier alpha value is -4.83. The van der Waals surface area contributed by atoms with Crippen molar-refractivity contribution in [3.8, 4) is 0 Å². The van der Waals surface area contributed by atoms with Crippen LogP contribution in [0, 0.1) is 0 Å². The van der Waals surface area contributed by atoms with Gasteiger partial charge in [0.2, 0.25) is 0 Å². The molecule has 0 aliphatic carbocycles. The number of unbranched alkanes of at least 4 members (excludes halogenated alkanes) is 27. The summed E-state index contributed by atoms with van der Waals surface area (Å²) in [6.45, 7) is 2.41. The van der Waals surface area contributed by atoms with Crippen LogP contribution in [0.2, 0.25) is 0 Å². The number of esters is 3. The molecule has 0 saturated heterocycles. The van der Waals surface area contributed by atoms with Crippen molar-refractivity contribution in [3.05, 3.63) is 158 Å². The van der Waals surface area contributed by atoms with Crippen LogP contribution < -0.4 is 0 Å². The molecule has 0 bridgehead atoms. The Morgan fingerprint density at radius 3 is 0.800 bits per heavy atom. The van der Waals surface area contributed by atoms with E-state index in [1.165, 1.54) is 77.0 Å². The molecule has 105 heavy (non-hydrogen) atoms. The molecule has 4 N–H and O–H groups in total. The Kier molecular flexibility index (Phi) is 75.1. The second-order valence-electron chi connectivity index (χ2n) is 26.8. The fraction of sp³-hybridized carbons (Fsp3) is 0.667. The molecule has 16 nitrogen and oxygen atoms in total. The lowest BCUT2D eigenvalue weighted by Crippen LogP contribution is -2.30. The van der Waals surface area contributed by atoms with Crippen LogP contribution in [-0.2, 0) is 55.8 Å². The molecule has 0 aliphatic rings. The number of phosphoric acid groups is 2. The van der Waals surface area contributed by atoms with Crippen LogP contribution in [0.15, 0.2) is 158 Å². The lowest BCUT2D eigenvalue weighted by Gasteiger charge is -2.21. The van der Waals surface area contributed by atoms with Crippen LogP contribution in [0.1, 0.15) is 316 Å². The molecule has 0 radical (unpaired) electrons. The highest BCUT2D eigenvalue weighted by atomic mass is 31.2. The molecule has 0 amide bonds. The minimum atomic E-state index is -4.95. The monoisotopic (exact) mass is 1510 g/mol. The summed E-state index contributed by atoms with van der Waals surface area (Å²) in [5.74, 6) is -1.60. The van der Waals surface area contributed by atoms with E-state index in [0.717, 1.165) is 180 Å². The van der Waals surface area contributed by atoms with Crippen LogP contribution in [0.25, 0.3) is 0 Å². The molecule has 0 aromatic carbocycles. The summed E-state index contributed by atoms with van der Waals surface area (Å²) >= 11 is 0. The number of carbonyl (C=O) groups excluding carboxylic acids is 3. The van der Waals surface area contributed by atoms with E-state index in [4.69, 9.17) is 32.3 Å². The van der Waals surface area contributed by atoms with Gasteiger partial charge in [0.15, 0.2) is 6.10 Å². The first-order chi connectivity index (χ1) is 51.2. The minimum absolute atomic E-state index is 0.0822. The molecule has 0 fully saturated rings. The summed E-state index contributed by atoms with van der Waals surface area (Å²) in [5.41, 5.74) is 0. The number of hydrogen-bond donors (Lipinski definition) is 4. The van der Waals surface area contributed by atoms with Crippen molar-refractivity contribution in [2.75, 3.05) is 39.6 Å². The van der Waals surface area contributed by atoms with Crippen molar-refractivity contribution in [1.82, 2.24) is 0 Å². The van der Waals surface area contributed by atoms with Crippen LogP contribution in [0.5, 0.6) is 0 Å². The van der Waals surface area contributed by atoms with Crippen molar-refractivity contribution >= 4 is 33.6 Å². The number of aliphatic hydroxyl groups is 2. The number of rotatable bonds is 76. The maximum absolute atomic E-state index is 13.0. The highest BCUT2D eigenvalue weighted by Crippen LogP contribution is 2.45. The molecular weight excluding hydrogens is 1360 g/mol. The Bertz CT molecular complexity index is 2540. The first kappa shape index (κ1) is 100. The molecule has 0 saturated carbocycles. The van der Waals surface area contributed by atoms with Gasteiger partial charge < -0.3 is 34.2 Å². The lowest BCUT2D eigenvalue weighted by molar-refractivity contribution is -0.161. The number of aliphatic hydroxyl groups excluding tert-OH is 2. The Morgan fingerprint density at radius 2 is 0.505 bits per heavy atom. The van der Waals surface area contributed by atoms with E-state index >= 15 is 0 Å². The molecule has 0 aromatic heterocycles. The van der Waals surface area contributed by atoms with Gasteiger partial charge in [-0.3, -0.25) is 32.5 Å². The Labute approximate surface area is 638 Å². The van der Waals surface area contributed by atoms with Crippen LogP contribution in [0.4, 0.5) is 0 Å². The van der Waals surface area contributed by atoms with Gasteiger partial charge in [0, 0.05) is 19.3 Å². The number of allylic oxidation sites excluding steroid dienone is 26. The topological polar surface area (TPSA) is 231 Å². The van der Waals surface area contributed by atoms with E-state index in [2.05, 4.69) is 179 Å². The van der Waals surface area contributed by atoms with E-state index in [1.54, 1.807) is 0 Å². The van der Waals surface area contributed by atoms with E-state index in [-0.39, 0.29) is 19.3 Å². The SMILES string of the molecule is CC/C=C\C/C=C\C/C=C\C/C=C\C/C=C\CCCCCCCCCCCC(=O)OCC(O)COP(=O)(O)OCC(O)COP(=O)(O)OCC(COC(=O)CCCCCCCCCCC/C=C\C/C=C\C/C=C\C/C=C\CCCCC)OC(=O)CCCCCCCC/C=C\C/C=C\C/C=C\C/C=C\CC. The normalized spacial score (nSPS) is 14.8. The molecule has 0 spiro atoms. The molecule has 18 heteroatoms. The highest BCUT2D eigenvalue weighted by Gasteiger charge is 2.29. The third-order valence-corrected chi connectivity index (χ3v) is 18.6. The van der Waals surface area contributed by atoms with Gasteiger partial charge in [-0.2, -0.15) is 0 Å². The molecule has 5 atom stereocenters. The van der Waals surface area contributed by atoms with Crippen molar-refractivity contribution in [2.45, 2.75) is 334 Å². The number of phosphoric ester groups is 2. The van der Waals surface area contributed by atoms with Crippen molar-refractivity contribution in [1.29, 1.82) is 0 Å². The van der Waals surface area contributed by atoms with Gasteiger partial charge in [0.05, 0.1) is 26.4 Å². The number of carbonyl (C=O) groups is 3. The summed E-state index contributed by atoms with van der Waals surface area (Å²) in [6, 6.07) is 0. The van der Waals surface area contributed by atoms with Gasteiger partial charge in [-0.1, -0.05) is 307 Å². The van der Waals surface area contributed by atoms with Gasteiger partial charge in [-0.05, 0) is 148 Å². The molecule has 0 rings (SSSR count). The van der Waals surface area contributed by atoms with Crippen molar-refractivity contribution in [3.63, 3.8) is 0 Å². The molecule has 600 valence electrons. The summed E-state index contributed by atoms with van der Waals surface area (Å²) in [7, 11) is -9.81. The van der Waals surface area contributed by atoms with Crippen molar-refractivity contribution < 1.29 is 75.8 Å². The van der Waals surface area contributed by atoms with Gasteiger partial charge in [-0.15, -0.1) is 0 Å². The van der Waals surface area contributed by atoms with E-state index in [9.17, 15) is 43.5 Å². The first-order valence-electron chi connectivity index (χ1n) is 40.8. The maximum Gasteiger partial charge on any atom is 0.472 e. The lowest BCUT2D eigenvalue weighted by atomic mass is 10.1. The van der Waals surface area contributed by atoms with E-state index in [1.807, 2.05) is 0 Å². The molecule has 0 heterocycles. The van der Waals surface area contributed by atoms with Gasteiger partial charge in [0.1, 0.15) is 25.4 Å². The maximum atomic E-state index is 13.0. The summed E-state index contributed by atoms with van der Waals surface area (Å²) < 4.78 is 61.3. The Balaban J connectivity index is 4.68. The summed E-state index contributed by atoms with van der Waals surface area (Å²) in [5, 5.41) is 20.7. The standard InChI is InChI=1S/C87H146O16P2/c1-4-7-10-13-16-19-22-25-28-31-34-36-38-40-42-44-47-49-52-55-58-61-64-67-70-73-85(90)97-76-82(88)77-99-104(93,94)100-78-83(89)79-101-105(95,96)102-81-84(103-87(92)75-72-69-66-63-60-57-54-51-46-33-30-27-24-21-18-15-12-9-6-3)80-98-86(91)74-71-68-65-62-59-56-53-50-48-45-43-41-39-37-35-32-29-26-23-20-17-14-11-8-5-2/h7,9-10,12,16-21,25-30,34-37,40-43,46,51,82-84,88-89H,4-6,8,11,13-15,22-24,31-33,38-39,44-45,47-50,52-81H2,1-3H3,(H,93,94)(H,95,96)/b10-7-,12-9-,19-16-,20-17-,21-18-,28-25-,29-26-,30-27-,36-34-,37-35-,42-40-,43-41-,51-46-.